The van der Waals surface area contributed by atoms with Crippen LogP contribution in [0.3, 0.4) is 0 Å². The summed E-state index contributed by atoms with van der Waals surface area (Å²) in [5.41, 5.74) is 0. The normalized spacial score (nSPS) is 9.70. The highest BCUT2D eigenvalue weighted by Gasteiger charge is 1.95. The first-order valence-corrected chi connectivity index (χ1v) is 3.20. The van der Waals surface area contributed by atoms with E-state index in [0.717, 1.165) is 0 Å². The predicted molar refractivity (Wildman–Crippen MR) is 34.4 cm³/mol. The average molecular weight is 169 g/mol. The number of hydrogen-bond acceptors (Lipinski definition) is 3. The van der Waals surface area contributed by atoms with Crippen molar-refractivity contribution in [2.75, 3.05) is 6.61 Å². The molecule has 1 N–H and O–H groups in total. The van der Waals surface area contributed by atoms with E-state index >= 15 is 0 Å². The summed E-state index contributed by atoms with van der Waals surface area (Å²) in [6.07, 6.45) is 1.38. The van der Waals surface area contributed by atoms with Crippen molar-refractivity contribution in [1.29, 1.82) is 0 Å². The Morgan fingerprint density at radius 2 is 2.20 bits per heavy atom. The van der Waals surface area contributed by atoms with E-state index < -0.39 is 5.97 Å². The van der Waals surface area contributed by atoms with Crippen molar-refractivity contribution in [3.63, 3.8) is 0 Å². The minimum atomic E-state index is -0.799. The molecule has 0 aliphatic carbocycles. The van der Waals surface area contributed by atoms with Gasteiger partial charge in [-0.2, -0.15) is 0 Å². The summed E-state index contributed by atoms with van der Waals surface area (Å²) in [4.78, 5) is 14.2. The van der Waals surface area contributed by atoms with E-state index in [0.29, 0.717) is 19.4 Å². The van der Waals surface area contributed by atoms with Gasteiger partial charge in [0.2, 0.25) is 0 Å². The van der Waals surface area contributed by atoms with Crippen molar-refractivity contribution in [3.8, 4) is 0 Å². The molecule has 0 fully saturated rings. The fraction of sp³-hybridized carbons (Fsp3) is 0.800. The Hall–Kier alpha value is -0.320. The Morgan fingerprint density at radius 3 is 2.70 bits per heavy atom. The lowest BCUT2D eigenvalue weighted by molar-refractivity contribution is -0.203. The maximum Gasteiger partial charge on any atom is 0.303 e. The van der Waals surface area contributed by atoms with Gasteiger partial charge < -0.3 is 5.11 Å². The summed E-state index contributed by atoms with van der Waals surface area (Å²) in [5, 5.41) is 8.17. The molecule has 0 radical (unpaired) electrons. The van der Waals surface area contributed by atoms with Crippen LogP contribution < -0.4 is 0 Å². The number of halogens is 1. The zero-order valence-corrected chi connectivity index (χ0v) is 6.13. The fourth-order valence-electron chi connectivity index (χ4n) is 0.469. The largest absolute Gasteiger partial charge is 0.481 e. The lowest BCUT2D eigenvalue weighted by Gasteiger charge is -1.95. The second kappa shape index (κ2) is 6.80. The summed E-state index contributed by atoms with van der Waals surface area (Å²) in [6.45, 7) is 0.330. The lowest BCUT2D eigenvalue weighted by atomic mass is 10.2. The lowest BCUT2D eigenvalue weighted by Crippen LogP contribution is -1.96. The Kier molecular flexibility index (Phi) is 6.58. The van der Waals surface area contributed by atoms with Gasteiger partial charge in [-0.15, -0.1) is 4.44 Å². The van der Waals surface area contributed by atoms with E-state index in [1.807, 2.05) is 0 Å². The van der Waals surface area contributed by atoms with Crippen molar-refractivity contribution in [3.05, 3.63) is 0 Å². The van der Waals surface area contributed by atoms with Gasteiger partial charge >= 0.3 is 5.97 Å². The molecule has 0 spiro atoms. The first kappa shape index (κ1) is 9.68. The predicted octanol–water partition coefficient (Wildman–Crippen LogP) is 1.34. The topological polar surface area (TPSA) is 55.8 Å². The van der Waals surface area contributed by atoms with Crippen LogP contribution in [0, 0.1) is 0 Å². The molecule has 0 unspecified atom stereocenters. The maximum atomic E-state index is 9.93. The number of unbranched alkanes of at least 4 members (excludes halogenated alkanes) is 1. The summed E-state index contributed by atoms with van der Waals surface area (Å²) in [6, 6.07) is 0. The Morgan fingerprint density at radius 1 is 1.50 bits per heavy atom. The molecule has 0 heterocycles. The molecule has 5 heteroatoms. The zero-order valence-electron chi connectivity index (χ0n) is 5.38. The monoisotopic (exact) mass is 168 g/mol. The van der Waals surface area contributed by atoms with Crippen molar-refractivity contribution < 1.29 is 19.2 Å². The van der Waals surface area contributed by atoms with Gasteiger partial charge in [0.1, 0.15) is 0 Å². The van der Waals surface area contributed by atoms with Gasteiger partial charge in [0, 0.05) is 6.42 Å². The van der Waals surface area contributed by atoms with Crippen LogP contribution in [0.15, 0.2) is 0 Å². The molecule has 4 nitrogen and oxygen atoms in total. The van der Waals surface area contributed by atoms with Crippen LogP contribution in [0.1, 0.15) is 19.3 Å². The summed E-state index contributed by atoms with van der Waals surface area (Å²) >= 11 is 4.70. The molecule has 0 rings (SSSR count). The number of rotatable bonds is 6. The van der Waals surface area contributed by atoms with Gasteiger partial charge in [0.25, 0.3) is 0 Å². The van der Waals surface area contributed by atoms with Crippen molar-refractivity contribution in [2.45, 2.75) is 19.3 Å². The van der Waals surface area contributed by atoms with Crippen molar-refractivity contribution >= 4 is 17.8 Å². The molecular weight excluding hydrogens is 160 g/mol. The van der Waals surface area contributed by atoms with Gasteiger partial charge in [0.15, 0.2) is 0 Å². The first-order valence-electron chi connectivity index (χ1n) is 2.89. The van der Waals surface area contributed by atoms with Gasteiger partial charge in [-0.25, -0.2) is 4.89 Å². The van der Waals surface area contributed by atoms with Crippen LogP contribution in [-0.2, 0) is 14.1 Å². The maximum absolute atomic E-state index is 9.93. The zero-order chi connectivity index (χ0) is 7.82. The molecule has 0 saturated heterocycles. The third-order valence-corrected chi connectivity index (χ3v) is 1.00. The van der Waals surface area contributed by atoms with Gasteiger partial charge in [-0.1, -0.05) is 0 Å². The van der Waals surface area contributed by atoms with Gasteiger partial charge in [-0.3, -0.25) is 4.79 Å². The van der Waals surface area contributed by atoms with E-state index in [2.05, 4.69) is 9.33 Å². The molecule has 0 atom stereocenters. The molecule has 0 aliphatic rings. The summed E-state index contributed by atoms with van der Waals surface area (Å²) in [7, 11) is 0. The third kappa shape index (κ3) is 7.68. The standard InChI is InChI=1S/C5H9ClO4/c6-10-9-4-2-1-3-5(7)8/h1-4H2,(H,7,8). The molecule has 0 saturated carbocycles. The number of carboxylic acid groups (broad SMARTS) is 1. The van der Waals surface area contributed by atoms with Crippen LogP contribution in [0.5, 0.6) is 0 Å². The number of aliphatic carboxylic acids is 1. The van der Waals surface area contributed by atoms with Crippen LogP contribution in [0.4, 0.5) is 0 Å². The molecule has 10 heavy (non-hydrogen) atoms. The van der Waals surface area contributed by atoms with E-state index in [1.165, 1.54) is 0 Å². The number of carboxylic acids is 1. The Bertz CT molecular complexity index is 95.6. The molecule has 0 aromatic carbocycles. The second-order valence-electron chi connectivity index (χ2n) is 1.74. The van der Waals surface area contributed by atoms with E-state index in [1.54, 1.807) is 0 Å². The number of hydrogen-bond donors (Lipinski definition) is 1. The Labute approximate surface area is 63.8 Å². The van der Waals surface area contributed by atoms with E-state index in [-0.39, 0.29) is 6.42 Å². The van der Waals surface area contributed by atoms with E-state index in [9.17, 15) is 4.79 Å². The van der Waals surface area contributed by atoms with E-state index in [4.69, 9.17) is 17.0 Å². The second-order valence-corrected chi connectivity index (χ2v) is 1.86. The quantitative estimate of drug-likeness (QED) is 0.370. The van der Waals surface area contributed by atoms with Gasteiger partial charge in [-0.05, 0) is 12.8 Å². The summed E-state index contributed by atoms with van der Waals surface area (Å²) in [5.74, 6) is -0.799. The third-order valence-electron chi connectivity index (χ3n) is 0.913. The molecule has 60 valence electrons. The average Bonchev–Trinajstić information content (AvgIpc) is 1.87. The number of carbonyl (C=O) groups is 1. The van der Waals surface area contributed by atoms with Gasteiger partial charge in [0.05, 0.1) is 18.5 Å². The van der Waals surface area contributed by atoms with Crippen LogP contribution >= 0.6 is 11.9 Å². The smallest absolute Gasteiger partial charge is 0.303 e. The highest BCUT2D eigenvalue weighted by Crippen LogP contribution is 1.96. The molecule has 0 bridgehead atoms. The van der Waals surface area contributed by atoms with Crippen LogP contribution in [-0.4, -0.2) is 17.7 Å². The molecule has 0 aromatic heterocycles. The molecular formula is C5H9ClO4. The van der Waals surface area contributed by atoms with Crippen LogP contribution in [0.25, 0.3) is 0 Å². The highest BCUT2D eigenvalue weighted by molar-refractivity contribution is 6.06. The molecule has 0 amide bonds. The SMILES string of the molecule is O=C(O)CCCCOOCl. The van der Waals surface area contributed by atoms with Crippen molar-refractivity contribution in [1.82, 2.24) is 0 Å². The first-order chi connectivity index (χ1) is 4.77. The minimum Gasteiger partial charge on any atom is -0.481 e. The fourth-order valence-corrected chi connectivity index (χ4v) is 0.532. The minimum absolute atomic E-state index is 0.158. The van der Waals surface area contributed by atoms with Crippen molar-refractivity contribution in [2.24, 2.45) is 0 Å². The highest BCUT2D eigenvalue weighted by atomic mass is 35.5. The molecule has 0 aromatic rings. The molecule has 0 aliphatic heterocycles. The summed E-state index contributed by atoms with van der Waals surface area (Å²) < 4.78 is 3.77. The Balaban J connectivity index is 2.84. The van der Waals surface area contributed by atoms with Crippen LogP contribution in [0.2, 0.25) is 0 Å².